The molecular weight excluding hydrogens is 572 g/mol. The summed E-state index contributed by atoms with van der Waals surface area (Å²) in [4.78, 5) is 13.5. The van der Waals surface area contributed by atoms with Crippen molar-refractivity contribution in [2.75, 3.05) is 26.7 Å². The van der Waals surface area contributed by atoms with Gasteiger partial charge in [0.15, 0.2) is 12.1 Å². The zero-order valence-electron chi connectivity index (χ0n) is 24.8. The molecule has 250 valence electrons. The van der Waals surface area contributed by atoms with E-state index in [9.17, 15) is 35.4 Å². The van der Waals surface area contributed by atoms with Crippen LogP contribution in [-0.4, -0.2) is 147 Å². The van der Waals surface area contributed by atoms with Crippen molar-refractivity contribution < 1.29 is 54.4 Å². The number of carbonyl (C=O) groups excluding carboxylic acids is 1. The third-order valence-electron chi connectivity index (χ3n) is 8.64. The highest BCUT2D eigenvalue weighted by Gasteiger charge is 2.60. The highest BCUT2D eigenvalue weighted by Crippen LogP contribution is 2.38. The van der Waals surface area contributed by atoms with E-state index in [1.54, 1.807) is 6.08 Å². The monoisotopic (exact) mass is 622 g/mol. The molecule has 14 atom stereocenters. The van der Waals surface area contributed by atoms with E-state index < -0.39 is 96.3 Å². The predicted molar refractivity (Wildman–Crippen MR) is 150 cm³/mol. The highest BCUT2D eigenvalue weighted by molar-refractivity contribution is 5.93. The van der Waals surface area contributed by atoms with Gasteiger partial charge in [0.25, 0.3) is 0 Å². The molecular formula is C26H50N6O11. The number of aliphatic hydroxyl groups is 6. The molecule has 2 fully saturated rings. The summed E-state index contributed by atoms with van der Waals surface area (Å²) >= 11 is 0. The van der Waals surface area contributed by atoms with Crippen molar-refractivity contribution in [2.24, 2.45) is 28.7 Å². The number of rotatable bonds is 12. The molecule has 17 heteroatoms. The van der Waals surface area contributed by atoms with Crippen LogP contribution in [0.5, 0.6) is 0 Å². The summed E-state index contributed by atoms with van der Waals surface area (Å²) in [5.74, 6) is -0.647. The lowest BCUT2D eigenvalue weighted by Gasteiger charge is -2.53. The quantitative estimate of drug-likeness (QED) is 0.0963. The van der Waals surface area contributed by atoms with Gasteiger partial charge < -0.3 is 83.6 Å². The lowest BCUT2D eigenvalue weighted by Crippen LogP contribution is -2.76. The Morgan fingerprint density at radius 3 is 2.40 bits per heavy atom. The van der Waals surface area contributed by atoms with Crippen molar-refractivity contribution in [1.82, 2.24) is 5.32 Å². The highest BCUT2D eigenvalue weighted by atomic mass is 16.7. The summed E-state index contributed by atoms with van der Waals surface area (Å²) in [6, 6.07) is -2.12. The molecule has 1 aliphatic carbocycles. The molecule has 2 aliphatic heterocycles. The van der Waals surface area contributed by atoms with Gasteiger partial charge in [-0.15, -0.1) is 0 Å². The van der Waals surface area contributed by atoms with E-state index >= 15 is 0 Å². The van der Waals surface area contributed by atoms with Crippen LogP contribution in [0.2, 0.25) is 0 Å². The van der Waals surface area contributed by atoms with Gasteiger partial charge in [-0.1, -0.05) is 0 Å². The third kappa shape index (κ3) is 7.06. The molecule has 3 aliphatic rings. The van der Waals surface area contributed by atoms with Gasteiger partial charge in [0.05, 0.1) is 25.3 Å². The molecule has 0 bridgehead atoms. The minimum Gasteiger partial charge on any atom is -0.466 e. The molecule has 17 N–H and O–H groups in total. The largest absolute Gasteiger partial charge is 0.466 e. The lowest BCUT2D eigenvalue weighted by molar-refractivity contribution is -0.311. The number of nitrogens with one attached hydrogen (secondary N) is 1. The van der Waals surface area contributed by atoms with Gasteiger partial charge in [-0.2, -0.15) is 0 Å². The van der Waals surface area contributed by atoms with Crippen LogP contribution >= 0.6 is 0 Å². The molecule has 0 spiro atoms. The van der Waals surface area contributed by atoms with Crippen molar-refractivity contribution in [3.05, 3.63) is 11.8 Å². The predicted octanol–water partition coefficient (Wildman–Crippen LogP) is -6.09. The van der Waals surface area contributed by atoms with Gasteiger partial charge in [0.1, 0.15) is 59.1 Å². The maximum Gasteiger partial charge on any atom is 0.220 e. The van der Waals surface area contributed by atoms with Crippen LogP contribution in [0.25, 0.3) is 0 Å². The van der Waals surface area contributed by atoms with Crippen LogP contribution in [0.4, 0.5) is 0 Å². The van der Waals surface area contributed by atoms with Crippen LogP contribution in [0.1, 0.15) is 33.1 Å². The van der Waals surface area contributed by atoms with Crippen LogP contribution in [-0.2, 0) is 23.7 Å². The molecule has 0 aromatic carbocycles. The first-order chi connectivity index (χ1) is 20.0. The van der Waals surface area contributed by atoms with Crippen LogP contribution in [0, 0.1) is 0 Å². The summed E-state index contributed by atoms with van der Waals surface area (Å²) in [6.07, 6.45) is -12.9. The van der Waals surface area contributed by atoms with Crippen molar-refractivity contribution in [3.63, 3.8) is 0 Å². The van der Waals surface area contributed by atoms with Crippen molar-refractivity contribution >= 4 is 5.78 Å². The van der Waals surface area contributed by atoms with Crippen molar-refractivity contribution in [1.29, 1.82) is 0 Å². The number of ketones is 1. The molecule has 43 heavy (non-hydrogen) atoms. The van der Waals surface area contributed by atoms with Crippen LogP contribution in [0.15, 0.2) is 11.8 Å². The molecule has 2 unspecified atom stereocenters. The van der Waals surface area contributed by atoms with Gasteiger partial charge in [-0.25, -0.2) is 0 Å². The minimum absolute atomic E-state index is 0.0215. The summed E-state index contributed by atoms with van der Waals surface area (Å²) in [7, 11) is 1.51. The molecule has 0 amide bonds. The fraction of sp³-hybridized carbons (Fsp3) is 0.885. The zero-order chi connectivity index (χ0) is 32.5. The number of likely N-dealkylation sites (N-methyl/N-ethyl adjacent to an activating group) is 1. The van der Waals surface area contributed by atoms with Gasteiger partial charge in [-0.05, 0) is 52.8 Å². The van der Waals surface area contributed by atoms with E-state index in [1.165, 1.54) is 20.9 Å². The van der Waals surface area contributed by atoms with E-state index in [4.69, 9.17) is 47.6 Å². The van der Waals surface area contributed by atoms with Gasteiger partial charge in [-0.3, -0.25) is 4.79 Å². The van der Waals surface area contributed by atoms with E-state index in [1.807, 2.05) is 0 Å². The SMILES string of the molecule is CN[C@@H]1[C@@H](O)[C@@H](O[C@@H]2[C@@H](O)[C@H](O[C@H]3OC(CN)=CC[C@]3(N)C(O)C(C)O)[C@@H](N)C[C@]2(N)C(=O)[C@@H](O)CCN)OC[C@]1(C)O. The maximum atomic E-state index is 13.5. The molecule has 0 radical (unpaired) electrons. The molecule has 2 heterocycles. The Morgan fingerprint density at radius 1 is 1.19 bits per heavy atom. The minimum atomic E-state index is -2.12. The molecule has 1 saturated heterocycles. The second-order valence-corrected chi connectivity index (χ2v) is 12.1. The number of Topliss-reactive ketones (excluding diaryl/α,β-unsaturated/α-hetero) is 1. The number of hydrogen-bond acceptors (Lipinski definition) is 17. The second kappa shape index (κ2) is 13.9. The lowest BCUT2D eigenvalue weighted by atomic mass is 9.70. The number of carbonyl (C=O) groups is 1. The first-order valence-electron chi connectivity index (χ1n) is 14.3. The normalized spacial score (nSPS) is 44.2. The molecule has 0 aromatic heterocycles. The van der Waals surface area contributed by atoms with Crippen molar-refractivity contribution in [2.45, 2.75) is 117 Å². The zero-order valence-corrected chi connectivity index (χ0v) is 24.8. The Kier molecular flexibility index (Phi) is 11.7. The Hall–Kier alpha value is -1.39. The molecule has 3 rings (SSSR count). The van der Waals surface area contributed by atoms with E-state index in [2.05, 4.69) is 5.32 Å². The summed E-state index contributed by atoms with van der Waals surface area (Å²) in [6.45, 7) is 2.40. The first-order valence-corrected chi connectivity index (χ1v) is 14.3. The molecule has 1 saturated carbocycles. The number of aliphatic hydroxyl groups excluding tert-OH is 5. The van der Waals surface area contributed by atoms with Gasteiger partial charge in [0.2, 0.25) is 6.29 Å². The molecule has 17 nitrogen and oxygen atoms in total. The average molecular weight is 623 g/mol. The third-order valence-corrected chi connectivity index (χ3v) is 8.64. The summed E-state index contributed by atoms with van der Waals surface area (Å²) in [5, 5.41) is 67.6. The number of hydrogen-bond donors (Lipinski definition) is 12. The summed E-state index contributed by atoms with van der Waals surface area (Å²) < 4.78 is 23.5. The van der Waals surface area contributed by atoms with Crippen molar-refractivity contribution in [3.8, 4) is 0 Å². The second-order valence-electron chi connectivity index (χ2n) is 12.1. The first kappa shape index (κ1) is 36.1. The molecule has 0 aromatic rings. The number of nitrogens with two attached hydrogens (primary N) is 5. The van der Waals surface area contributed by atoms with E-state index in [0.29, 0.717) is 0 Å². The fourth-order valence-corrected chi connectivity index (χ4v) is 6.11. The standard InChI is InChI=1S/C26H50N6O11/c1-11(33)19(37)25(30)6-4-12(9-28)41-23(25)42-17-13(29)8-26(31,20(38)14(34)5-7-27)21(15(17)35)43-22-16(36)18(32-3)24(2,39)10-40-22/h4,11,13-19,21-23,32-37,39H,5-10,27-31H2,1-3H3/t11?,13-,14-,15-,16+,17+,18+,19?,21+,22+,23+,24-,25-,26-/m0/s1. The Labute approximate surface area is 250 Å². The number of ether oxygens (including phenoxy) is 4. The van der Waals surface area contributed by atoms with Crippen LogP contribution in [0.3, 0.4) is 0 Å². The fourth-order valence-electron chi connectivity index (χ4n) is 6.11. The smallest absolute Gasteiger partial charge is 0.220 e. The van der Waals surface area contributed by atoms with Gasteiger partial charge in [0, 0.05) is 6.04 Å². The van der Waals surface area contributed by atoms with Crippen LogP contribution < -0.4 is 34.0 Å². The van der Waals surface area contributed by atoms with Gasteiger partial charge >= 0.3 is 0 Å². The topological polar surface area (TPSA) is 318 Å². The Morgan fingerprint density at radius 2 is 1.84 bits per heavy atom. The van der Waals surface area contributed by atoms with E-state index in [-0.39, 0.29) is 38.3 Å². The Balaban J connectivity index is 1.99. The van der Waals surface area contributed by atoms with E-state index in [0.717, 1.165) is 0 Å². The summed E-state index contributed by atoms with van der Waals surface area (Å²) in [5.41, 5.74) is 25.4. The average Bonchev–Trinajstić information content (AvgIpc) is 2.94. The Bertz CT molecular complexity index is 991. The maximum absolute atomic E-state index is 13.5.